The zero-order valence-corrected chi connectivity index (χ0v) is 14.1. The van der Waals surface area contributed by atoms with E-state index in [-0.39, 0.29) is 27.5 Å². The molecule has 0 amide bonds. The summed E-state index contributed by atoms with van der Waals surface area (Å²) in [7, 11) is -1.92. The maximum atomic E-state index is 11.8. The highest BCUT2D eigenvalue weighted by Gasteiger charge is 2.18. The number of hydrogen-bond acceptors (Lipinski definition) is 7. The smallest absolute Gasteiger partial charge is 0.341 e. The van der Waals surface area contributed by atoms with Crippen LogP contribution >= 0.6 is 0 Å². The van der Waals surface area contributed by atoms with Crippen molar-refractivity contribution in [2.75, 3.05) is 14.2 Å². The number of rotatable bonds is 5. The van der Waals surface area contributed by atoms with Crippen LogP contribution in [-0.2, 0) is 19.6 Å². The molecule has 0 saturated heterocycles. The van der Waals surface area contributed by atoms with Gasteiger partial charge in [0.2, 0.25) is 0 Å². The summed E-state index contributed by atoms with van der Waals surface area (Å²) in [6.45, 7) is 0. The maximum Gasteiger partial charge on any atom is 0.341 e. The Morgan fingerprint density at radius 1 is 0.920 bits per heavy atom. The molecule has 132 valence electrons. The molecule has 2 rings (SSSR count). The normalized spacial score (nSPS) is 10.8. The highest BCUT2D eigenvalue weighted by molar-refractivity contribution is 7.85. The summed E-state index contributed by atoms with van der Waals surface area (Å²) in [4.78, 5) is 23.2. The Bertz CT molecular complexity index is 900. The summed E-state index contributed by atoms with van der Waals surface area (Å²) in [5, 5.41) is 0. The van der Waals surface area contributed by atoms with Crippen LogP contribution in [0.4, 0.5) is 0 Å². The second-order valence-corrected chi connectivity index (χ2v) is 6.16. The third-order valence-corrected chi connectivity index (χ3v) is 4.03. The van der Waals surface area contributed by atoms with Gasteiger partial charge >= 0.3 is 11.9 Å². The summed E-state index contributed by atoms with van der Waals surface area (Å²) < 4.78 is 45.9. The molecule has 0 aromatic heterocycles. The van der Waals surface area contributed by atoms with Gasteiger partial charge in [-0.2, -0.15) is 8.42 Å². The Balaban J connectivity index is 2.42. The Hall–Kier alpha value is -2.91. The standard InChI is InChI=1S/C16H14O8S/c1-22-15(17)10-3-8-13(16(18)23-2)14(9-10)24-11-4-6-12(7-5-11)25(19,20)21/h3-9H,1-2H3,(H,19,20,21). The topological polar surface area (TPSA) is 116 Å². The fourth-order valence-corrected chi connectivity index (χ4v) is 2.42. The van der Waals surface area contributed by atoms with Crippen molar-refractivity contribution >= 4 is 22.1 Å². The second-order valence-electron chi connectivity index (χ2n) is 4.74. The van der Waals surface area contributed by atoms with Crippen LogP contribution in [0.25, 0.3) is 0 Å². The van der Waals surface area contributed by atoms with Gasteiger partial charge in [0.05, 0.1) is 24.7 Å². The van der Waals surface area contributed by atoms with E-state index in [4.69, 9.17) is 9.29 Å². The lowest BCUT2D eigenvalue weighted by atomic mass is 10.1. The number of ether oxygens (including phenoxy) is 3. The van der Waals surface area contributed by atoms with Crippen molar-refractivity contribution in [3.8, 4) is 11.5 Å². The molecular formula is C16H14O8S. The van der Waals surface area contributed by atoms with Crippen LogP contribution in [0.5, 0.6) is 11.5 Å². The summed E-state index contributed by atoms with van der Waals surface area (Å²) in [6.07, 6.45) is 0. The van der Waals surface area contributed by atoms with Gasteiger partial charge in [-0.25, -0.2) is 9.59 Å². The van der Waals surface area contributed by atoms with Crippen LogP contribution in [0.15, 0.2) is 47.4 Å². The molecule has 1 N–H and O–H groups in total. The van der Waals surface area contributed by atoms with Crippen LogP contribution in [0.2, 0.25) is 0 Å². The van der Waals surface area contributed by atoms with Crippen molar-refractivity contribution in [2.24, 2.45) is 0 Å². The van der Waals surface area contributed by atoms with Gasteiger partial charge < -0.3 is 14.2 Å². The predicted molar refractivity (Wildman–Crippen MR) is 85.5 cm³/mol. The highest BCUT2D eigenvalue weighted by atomic mass is 32.2. The van der Waals surface area contributed by atoms with Crippen LogP contribution in [0.3, 0.4) is 0 Å². The molecule has 0 bridgehead atoms. The second kappa shape index (κ2) is 7.32. The minimum atomic E-state index is -4.33. The van der Waals surface area contributed by atoms with Crippen molar-refractivity contribution in [2.45, 2.75) is 4.90 Å². The van der Waals surface area contributed by atoms with E-state index in [9.17, 15) is 18.0 Å². The molecule has 0 fully saturated rings. The largest absolute Gasteiger partial charge is 0.465 e. The number of carbonyl (C=O) groups is 2. The molecule has 0 saturated carbocycles. The van der Waals surface area contributed by atoms with Crippen molar-refractivity contribution in [3.05, 3.63) is 53.6 Å². The number of carbonyl (C=O) groups excluding carboxylic acids is 2. The first-order chi connectivity index (χ1) is 11.8. The minimum Gasteiger partial charge on any atom is -0.465 e. The highest BCUT2D eigenvalue weighted by Crippen LogP contribution is 2.28. The predicted octanol–water partition coefficient (Wildman–Crippen LogP) is 2.30. The molecular weight excluding hydrogens is 352 g/mol. The molecule has 0 radical (unpaired) electrons. The van der Waals surface area contributed by atoms with E-state index in [1.54, 1.807) is 0 Å². The molecule has 2 aromatic rings. The molecule has 0 aliphatic rings. The number of esters is 2. The zero-order chi connectivity index (χ0) is 18.6. The Morgan fingerprint density at radius 2 is 1.52 bits per heavy atom. The fourth-order valence-electron chi connectivity index (χ4n) is 1.94. The lowest BCUT2D eigenvalue weighted by Crippen LogP contribution is -2.07. The molecule has 2 aromatic carbocycles. The van der Waals surface area contributed by atoms with Crippen LogP contribution in [0.1, 0.15) is 20.7 Å². The first-order valence-corrected chi connectivity index (χ1v) is 8.26. The van der Waals surface area contributed by atoms with E-state index >= 15 is 0 Å². The van der Waals surface area contributed by atoms with Gasteiger partial charge in [0.15, 0.2) is 0 Å². The summed E-state index contributed by atoms with van der Waals surface area (Å²) in [5.74, 6) is -1.10. The van der Waals surface area contributed by atoms with Gasteiger partial charge in [0.25, 0.3) is 10.1 Å². The number of methoxy groups -OCH3 is 2. The number of benzene rings is 2. The minimum absolute atomic E-state index is 0.0226. The monoisotopic (exact) mass is 366 g/mol. The molecule has 0 heterocycles. The van der Waals surface area contributed by atoms with Crippen molar-refractivity contribution in [1.29, 1.82) is 0 Å². The molecule has 0 aliphatic carbocycles. The van der Waals surface area contributed by atoms with Gasteiger partial charge in [-0.3, -0.25) is 4.55 Å². The van der Waals surface area contributed by atoms with Crippen LogP contribution in [0, 0.1) is 0 Å². The van der Waals surface area contributed by atoms with Crippen molar-refractivity contribution in [1.82, 2.24) is 0 Å². The summed E-state index contributed by atoms with van der Waals surface area (Å²) >= 11 is 0. The van der Waals surface area contributed by atoms with Gasteiger partial charge in [-0.05, 0) is 42.5 Å². The lowest BCUT2D eigenvalue weighted by molar-refractivity contribution is 0.0584. The molecule has 0 aliphatic heterocycles. The molecule has 25 heavy (non-hydrogen) atoms. The van der Waals surface area contributed by atoms with Gasteiger partial charge in [-0.1, -0.05) is 0 Å². The average molecular weight is 366 g/mol. The molecule has 0 spiro atoms. The Morgan fingerprint density at radius 3 is 2.04 bits per heavy atom. The maximum absolute atomic E-state index is 11.8. The fraction of sp³-hybridized carbons (Fsp3) is 0.125. The van der Waals surface area contributed by atoms with Crippen molar-refractivity contribution in [3.63, 3.8) is 0 Å². The van der Waals surface area contributed by atoms with Gasteiger partial charge in [-0.15, -0.1) is 0 Å². The van der Waals surface area contributed by atoms with Crippen LogP contribution in [-0.4, -0.2) is 39.1 Å². The van der Waals surface area contributed by atoms with E-state index in [2.05, 4.69) is 9.47 Å². The quantitative estimate of drug-likeness (QED) is 0.633. The third-order valence-electron chi connectivity index (χ3n) is 3.16. The van der Waals surface area contributed by atoms with E-state index < -0.39 is 22.1 Å². The molecule has 0 atom stereocenters. The number of hydrogen-bond donors (Lipinski definition) is 1. The van der Waals surface area contributed by atoms with E-state index in [0.29, 0.717) is 0 Å². The first kappa shape index (κ1) is 18.4. The summed E-state index contributed by atoms with van der Waals surface area (Å²) in [6, 6.07) is 8.87. The van der Waals surface area contributed by atoms with E-state index in [1.165, 1.54) is 44.6 Å². The summed E-state index contributed by atoms with van der Waals surface area (Å²) in [5.41, 5.74) is 0.216. The van der Waals surface area contributed by atoms with Gasteiger partial charge in [0, 0.05) is 0 Å². The Labute approximate surface area is 143 Å². The van der Waals surface area contributed by atoms with Crippen LogP contribution < -0.4 is 4.74 Å². The third kappa shape index (κ3) is 4.34. The van der Waals surface area contributed by atoms with E-state index in [0.717, 1.165) is 12.1 Å². The SMILES string of the molecule is COC(=O)c1ccc(C(=O)OC)c(Oc2ccc(S(=O)(=O)O)cc2)c1. The lowest BCUT2D eigenvalue weighted by Gasteiger charge is -2.11. The molecule has 0 unspecified atom stereocenters. The van der Waals surface area contributed by atoms with E-state index in [1.807, 2.05) is 0 Å². The van der Waals surface area contributed by atoms with Crippen molar-refractivity contribution < 1.29 is 36.8 Å². The molecule has 9 heteroatoms. The molecule has 8 nitrogen and oxygen atoms in total. The Kier molecular flexibility index (Phi) is 5.40. The zero-order valence-electron chi connectivity index (χ0n) is 13.3. The first-order valence-electron chi connectivity index (χ1n) is 6.82. The average Bonchev–Trinajstić information content (AvgIpc) is 2.60. The van der Waals surface area contributed by atoms with Gasteiger partial charge in [0.1, 0.15) is 17.1 Å².